The van der Waals surface area contributed by atoms with E-state index in [9.17, 15) is 4.79 Å². The Labute approximate surface area is 140 Å². The Balaban J connectivity index is 2.45. The van der Waals surface area contributed by atoms with Crippen LogP contribution in [0.5, 0.6) is 0 Å². The Hall–Kier alpha value is -2.63. The molecule has 0 N–H and O–H groups in total. The SMILES string of the molecule is COC(=O)c1c(-c2ccccc2)n(C(OC)OC)c2ccccc12. The molecule has 0 atom stereocenters. The minimum atomic E-state index is -0.663. The van der Waals surface area contributed by atoms with Crippen LogP contribution >= 0.6 is 0 Å². The van der Waals surface area contributed by atoms with E-state index in [0.29, 0.717) is 11.3 Å². The number of methoxy groups -OCH3 is 3. The molecule has 0 bridgehead atoms. The molecule has 24 heavy (non-hydrogen) atoms. The number of nitrogens with zero attached hydrogens (tertiary/aromatic N) is 1. The van der Waals surface area contributed by atoms with E-state index in [1.165, 1.54) is 7.11 Å². The maximum atomic E-state index is 12.5. The highest BCUT2D eigenvalue weighted by atomic mass is 16.7. The fraction of sp³-hybridized carbons (Fsp3) is 0.211. The summed E-state index contributed by atoms with van der Waals surface area (Å²) in [5.74, 6) is -0.394. The zero-order valence-electron chi connectivity index (χ0n) is 13.9. The molecule has 3 aromatic rings. The topological polar surface area (TPSA) is 49.7 Å². The minimum Gasteiger partial charge on any atom is -0.465 e. The summed E-state index contributed by atoms with van der Waals surface area (Å²) in [5.41, 5.74) is 2.93. The number of carbonyl (C=O) groups is 1. The van der Waals surface area contributed by atoms with Gasteiger partial charge in [0.1, 0.15) is 0 Å². The summed E-state index contributed by atoms with van der Waals surface area (Å²) < 4.78 is 17.8. The second kappa shape index (κ2) is 6.86. The van der Waals surface area contributed by atoms with Crippen molar-refractivity contribution in [2.75, 3.05) is 21.3 Å². The molecule has 0 spiro atoms. The molecule has 0 unspecified atom stereocenters. The van der Waals surface area contributed by atoms with E-state index in [1.54, 1.807) is 14.2 Å². The first-order chi connectivity index (χ1) is 11.7. The number of rotatable bonds is 5. The third kappa shape index (κ3) is 2.58. The van der Waals surface area contributed by atoms with Gasteiger partial charge < -0.3 is 14.2 Å². The average molecular weight is 325 g/mol. The van der Waals surface area contributed by atoms with Gasteiger partial charge in [-0.25, -0.2) is 4.79 Å². The van der Waals surface area contributed by atoms with Crippen LogP contribution in [0.4, 0.5) is 0 Å². The molecule has 1 aromatic heterocycles. The van der Waals surface area contributed by atoms with E-state index in [0.717, 1.165) is 16.5 Å². The van der Waals surface area contributed by atoms with Gasteiger partial charge in [-0.1, -0.05) is 48.5 Å². The number of para-hydroxylation sites is 1. The number of ether oxygens (including phenoxy) is 3. The molecule has 0 aliphatic heterocycles. The predicted molar refractivity (Wildman–Crippen MR) is 91.8 cm³/mol. The van der Waals surface area contributed by atoms with Crippen molar-refractivity contribution in [2.45, 2.75) is 6.41 Å². The Kier molecular flexibility index (Phi) is 4.64. The summed E-state index contributed by atoms with van der Waals surface area (Å²) in [6.07, 6.45) is -0.663. The zero-order chi connectivity index (χ0) is 17.1. The molecule has 0 fully saturated rings. The normalized spacial score (nSPS) is 11.2. The van der Waals surface area contributed by atoms with Gasteiger partial charge in [0.25, 0.3) is 0 Å². The van der Waals surface area contributed by atoms with Gasteiger partial charge in [0.2, 0.25) is 6.41 Å². The molecule has 3 rings (SSSR count). The quantitative estimate of drug-likeness (QED) is 0.528. The molecule has 0 aliphatic rings. The number of fused-ring (bicyclic) bond motifs is 1. The Bertz CT molecular complexity index is 850. The van der Waals surface area contributed by atoms with E-state index in [-0.39, 0.29) is 0 Å². The standard InChI is InChI=1S/C19H19NO4/c1-22-18(21)16-14-11-7-8-12-15(14)20(19(23-2)24-3)17(16)13-9-5-4-6-10-13/h4-12,19H,1-3H3. The van der Waals surface area contributed by atoms with Gasteiger partial charge >= 0.3 is 5.97 Å². The van der Waals surface area contributed by atoms with Gasteiger partial charge in [-0.2, -0.15) is 0 Å². The van der Waals surface area contributed by atoms with E-state index < -0.39 is 12.4 Å². The first-order valence-corrected chi connectivity index (χ1v) is 7.55. The molecule has 124 valence electrons. The monoisotopic (exact) mass is 325 g/mol. The second-order valence-electron chi connectivity index (χ2n) is 5.25. The predicted octanol–water partition coefficient (Wildman–Crippen LogP) is 3.84. The summed E-state index contributed by atoms with van der Waals surface area (Å²) in [7, 11) is 4.51. The Morgan fingerprint density at radius 2 is 1.54 bits per heavy atom. The number of esters is 1. The highest BCUT2D eigenvalue weighted by Crippen LogP contribution is 2.37. The Morgan fingerprint density at radius 1 is 0.917 bits per heavy atom. The summed E-state index contributed by atoms with van der Waals surface area (Å²) in [5, 5.41) is 0.794. The summed E-state index contributed by atoms with van der Waals surface area (Å²) in [6.45, 7) is 0. The molecule has 0 amide bonds. The van der Waals surface area contributed by atoms with Gasteiger partial charge in [0, 0.05) is 19.6 Å². The molecule has 2 aromatic carbocycles. The van der Waals surface area contributed by atoms with Crippen molar-refractivity contribution < 1.29 is 19.0 Å². The number of hydrogen-bond donors (Lipinski definition) is 0. The van der Waals surface area contributed by atoms with Crippen LogP contribution in [0.25, 0.3) is 22.2 Å². The Morgan fingerprint density at radius 3 is 2.17 bits per heavy atom. The molecule has 0 saturated carbocycles. The molecular formula is C19H19NO4. The van der Waals surface area contributed by atoms with Crippen LogP contribution in [0.15, 0.2) is 54.6 Å². The van der Waals surface area contributed by atoms with Crippen LogP contribution in [0.2, 0.25) is 0 Å². The van der Waals surface area contributed by atoms with Gasteiger partial charge in [0.15, 0.2) is 0 Å². The van der Waals surface area contributed by atoms with E-state index >= 15 is 0 Å². The number of carbonyl (C=O) groups excluding carboxylic acids is 1. The van der Waals surface area contributed by atoms with Crippen molar-refractivity contribution in [1.29, 1.82) is 0 Å². The van der Waals surface area contributed by atoms with Crippen LogP contribution in [0, 0.1) is 0 Å². The lowest BCUT2D eigenvalue weighted by atomic mass is 10.1. The lowest BCUT2D eigenvalue weighted by molar-refractivity contribution is -0.152. The van der Waals surface area contributed by atoms with Gasteiger partial charge in [0.05, 0.1) is 23.9 Å². The van der Waals surface area contributed by atoms with E-state index in [4.69, 9.17) is 14.2 Å². The van der Waals surface area contributed by atoms with E-state index in [2.05, 4.69) is 0 Å². The molecule has 1 heterocycles. The van der Waals surface area contributed by atoms with Gasteiger partial charge in [-0.05, 0) is 11.6 Å². The highest BCUT2D eigenvalue weighted by Gasteiger charge is 2.27. The minimum absolute atomic E-state index is 0.394. The van der Waals surface area contributed by atoms with Gasteiger partial charge in [-0.3, -0.25) is 4.57 Å². The third-order valence-electron chi connectivity index (χ3n) is 3.96. The van der Waals surface area contributed by atoms with Gasteiger partial charge in [-0.15, -0.1) is 0 Å². The van der Waals surface area contributed by atoms with Crippen molar-refractivity contribution in [3.63, 3.8) is 0 Å². The van der Waals surface area contributed by atoms with Crippen molar-refractivity contribution >= 4 is 16.9 Å². The summed E-state index contributed by atoms with van der Waals surface area (Å²) >= 11 is 0. The maximum absolute atomic E-state index is 12.5. The lowest BCUT2D eigenvalue weighted by Crippen LogP contribution is -2.15. The first-order valence-electron chi connectivity index (χ1n) is 7.55. The fourth-order valence-corrected chi connectivity index (χ4v) is 2.98. The summed E-state index contributed by atoms with van der Waals surface area (Å²) in [4.78, 5) is 12.5. The van der Waals surface area contributed by atoms with Crippen molar-refractivity contribution in [3.05, 3.63) is 60.2 Å². The maximum Gasteiger partial charge on any atom is 0.340 e. The first kappa shape index (κ1) is 16.2. The van der Waals surface area contributed by atoms with Crippen LogP contribution in [0.3, 0.4) is 0 Å². The zero-order valence-corrected chi connectivity index (χ0v) is 13.9. The number of hydrogen-bond acceptors (Lipinski definition) is 4. The fourth-order valence-electron chi connectivity index (χ4n) is 2.98. The second-order valence-corrected chi connectivity index (χ2v) is 5.25. The van der Waals surface area contributed by atoms with Crippen molar-refractivity contribution in [1.82, 2.24) is 4.57 Å². The van der Waals surface area contributed by atoms with Crippen LogP contribution in [-0.4, -0.2) is 31.9 Å². The van der Waals surface area contributed by atoms with Crippen LogP contribution in [0.1, 0.15) is 16.8 Å². The van der Waals surface area contributed by atoms with Crippen molar-refractivity contribution in [2.24, 2.45) is 0 Å². The molecule has 0 radical (unpaired) electrons. The van der Waals surface area contributed by atoms with Crippen LogP contribution < -0.4 is 0 Å². The number of aromatic nitrogens is 1. The van der Waals surface area contributed by atoms with Crippen LogP contribution in [-0.2, 0) is 14.2 Å². The molecule has 0 saturated heterocycles. The molecule has 5 nitrogen and oxygen atoms in total. The lowest BCUT2D eigenvalue weighted by Gasteiger charge is -2.20. The average Bonchev–Trinajstić information content (AvgIpc) is 2.98. The smallest absolute Gasteiger partial charge is 0.340 e. The molecule has 5 heteroatoms. The van der Waals surface area contributed by atoms with Crippen molar-refractivity contribution in [3.8, 4) is 11.3 Å². The number of benzene rings is 2. The largest absolute Gasteiger partial charge is 0.465 e. The molecular weight excluding hydrogens is 306 g/mol. The molecule has 0 aliphatic carbocycles. The van der Waals surface area contributed by atoms with E-state index in [1.807, 2.05) is 59.2 Å². The third-order valence-corrected chi connectivity index (χ3v) is 3.96. The highest BCUT2D eigenvalue weighted by molar-refractivity contribution is 6.10. The summed E-state index contributed by atoms with van der Waals surface area (Å²) in [6, 6.07) is 17.3.